The van der Waals surface area contributed by atoms with Gasteiger partial charge in [0.05, 0.1) is 38.4 Å². The molecule has 16 aromatic rings. The predicted molar refractivity (Wildman–Crippen MR) is 356 cm³/mol. The molecule has 6 heteroatoms. The molecule has 2 aliphatic heterocycles. The molecule has 2 spiro atoms. The normalized spacial score (nSPS) is 15.1. The minimum atomic E-state index is -0.701. The van der Waals surface area contributed by atoms with E-state index < -0.39 is 10.8 Å². The van der Waals surface area contributed by atoms with E-state index >= 15 is 0 Å². The highest BCUT2D eigenvalue weighted by atomic mass is 19.1. The number of benzene rings is 13. The van der Waals surface area contributed by atoms with Gasteiger partial charge in [0.25, 0.3) is 0 Å². The lowest BCUT2D eigenvalue weighted by Crippen LogP contribution is -2.32. The van der Waals surface area contributed by atoms with Crippen molar-refractivity contribution >= 4 is 54.5 Å². The monoisotopic (exact) mass is 1140 g/mol. The summed E-state index contributed by atoms with van der Waals surface area (Å²) in [5.41, 5.74) is 23.3. The fourth-order valence-corrected chi connectivity index (χ4v) is 16.4. The molecular formula is C83H48FN3O2. The van der Waals surface area contributed by atoms with Gasteiger partial charge in [-0.1, -0.05) is 194 Å². The molecule has 0 saturated heterocycles. The van der Waals surface area contributed by atoms with Crippen molar-refractivity contribution in [3.05, 3.63) is 342 Å². The van der Waals surface area contributed by atoms with Gasteiger partial charge in [-0.15, -0.1) is 0 Å². The molecule has 5 heterocycles. The number of para-hydroxylation sites is 5. The molecule has 0 amide bonds. The van der Waals surface area contributed by atoms with Gasteiger partial charge in [0.15, 0.2) is 0 Å². The Morgan fingerprint density at radius 2 is 0.753 bits per heavy atom. The van der Waals surface area contributed by atoms with E-state index in [-0.39, 0.29) is 5.82 Å². The zero-order valence-electron chi connectivity index (χ0n) is 47.7. The Hall–Kier alpha value is -11.6. The zero-order valence-corrected chi connectivity index (χ0v) is 47.7. The van der Waals surface area contributed by atoms with Crippen LogP contribution in [0.15, 0.2) is 291 Å². The number of rotatable bonds is 4. The van der Waals surface area contributed by atoms with Crippen molar-refractivity contribution in [1.29, 1.82) is 0 Å². The van der Waals surface area contributed by atoms with E-state index in [0.29, 0.717) is 0 Å². The largest absolute Gasteiger partial charge is 0.457 e. The van der Waals surface area contributed by atoms with Gasteiger partial charge in [-0.2, -0.15) is 0 Å². The van der Waals surface area contributed by atoms with Gasteiger partial charge in [0, 0.05) is 67.0 Å². The van der Waals surface area contributed by atoms with E-state index in [1.807, 2.05) is 12.1 Å². The lowest BCUT2D eigenvalue weighted by atomic mass is 9.66. The number of aromatic nitrogens is 3. The Kier molecular flexibility index (Phi) is 9.70. The highest BCUT2D eigenvalue weighted by molar-refractivity contribution is 6.12. The van der Waals surface area contributed by atoms with Crippen LogP contribution in [0.2, 0.25) is 0 Å². The predicted octanol–water partition coefficient (Wildman–Crippen LogP) is 20.8. The van der Waals surface area contributed by atoms with Crippen molar-refractivity contribution in [3.8, 4) is 79.0 Å². The number of ether oxygens (including phenoxy) is 2. The first-order valence-electron chi connectivity index (χ1n) is 30.4. The maximum Gasteiger partial charge on any atom is 0.138 e. The summed E-state index contributed by atoms with van der Waals surface area (Å²) in [5, 5.41) is 5.57. The summed E-state index contributed by atoms with van der Waals surface area (Å²) in [6, 6.07) is 104. The molecule has 13 aromatic carbocycles. The average molecular weight is 1140 g/mol. The van der Waals surface area contributed by atoms with Crippen molar-refractivity contribution in [3.63, 3.8) is 0 Å². The van der Waals surface area contributed by atoms with Crippen molar-refractivity contribution in [1.82, 2.24) is 14.1 Å². The van der Waals surface area contributed by atoms with Crippen LogP contribution in [0, 0.1) is 5.82 Å². The van der Waals surface area contributed by atoms with Crippen LogP contribution < -0.4 is 9.47 Å². The molecule has 20 rings (SSSR count). The van der Waals surface area contributed by atoms with E-state index in [1.165, 1.54) is 56.6 Å². The maximum absolute atomic E-state index is 14.4. The lowest BCUT2D eigenvalue weighted by Gasteiger charge is -2.39. The number of nitrogens with zero attached hydrogens (tertiary/aromatic N) is 3. The highest BCUT2D eigenvalue weighted by Gasteiger charge is 2.53. The van der Waals surface area contributed by atoms with Crippen LogP contribution in [-0.2, 0) is 10.8 Å². The standard InChI is InChI=1S/C83H48FN3O2/c84-52-37-39-53(40-38-52)86-73-32-13-5-24-58(73)62-44-71-79(47-75(62)86)88-78-35-16-11-30-69(78)83(71)66-28-9-3-22-56(66)61-43-50(36-41-67(61)83)49-18-17-19-51(42-49)60-46-81(85-72-31-12-4-23-57(60)72)87-74-33-14-6-25-59(74)63-45-70-80(48-76(63)87)89-77-34-15-10-29-68(77)82(70)64-26-7-1-20-54(64)55-21-2-8-27-65(55)82/h1-48H. The summed E-state index contributed by atoms with van der Waals surface area (Å²) in [6.45, 7) is 0. The van der Waals surface area contributed by atoms with Gasteiger partial charge in [-0.3, -0.25) is 4.57 Å². The molecule has 0 saturated carbocycles. The van der Waals surface area contributed by atoms with Crippen LogP contribution in [0.1, 0.15) is 44.5 Å². The first kappa shape index (κ1) is 48.6. The lowest BCUT2D eigenvalue weighted by molar-refractivity contribution is 0.437. The number of fused-ring (bicyclic) bond motifs is 25. The van der Waals surface area contributed by atoms with Crippen molar-refractivity contribution < 1.29 is 13.9 Å². The quantitative estimate of drug-likeness (QED) is 0.176. The Morgan fingerprint density at radius 1 is 0.281 bits per heavy atom. The number of pyridine rings is 1. The van der Waals surface area contributed by atoms with Gasteiger partial charge in [0.1, 0.15) is 34.6 Å². The van der Waals surface area contributed by atoms with Crippen LogP contribution >= 0.6 is 0 Å². The molecule has 4 aliphatic rings. The maximum atomic E-state index is 14.4. The average Bonchev–Trinajstić information content (AvgIpc) is 1.58. The minimum Gasteiger partial charge on any atom is -0.457 e. The fourth-order valence-electron chi connectivity index (χ4n) is 16.4. The van der Waals surface area contributed by atoms with Gasteiger partial charge >= 0.3 is 0 Å². The second-order valence-electron chi connectivity index (χ2n) is 24.1. The van der Waals surface area contributed by atoms with Crippen molar-refractivity contribution in [2.45, 2.75) is 10.8 Å². The van der Waals surface area contributed by atoms with Gasteiger partial charge in [-0.05, 0) is 152 Å². The van der Waals surface area contributed by atoms with E-state index in [1.54, 1.807) is 0 Å². The third-order valence-corrected chi connectivity index (χ3v) is 19.9. The third-order valence-electron chi connectivity index (χ3n) is 19.9. The first-order chi connectivity index (χ1) is 44.0. The molecule has 2 aliphatic carbocycles. The van der Waals surface area contributed by atoms with Crippen molar-refractivity contribution in [2.75, 3.05) is 0 Å². The van der Waals surface area contributed by atoms with Gasteiger partial charge < -0.3 is 14.0 Å². The van der Waals surface area contributed by atoms with Gasteiger partial charge in [-0.25, -0.2) is 9.37 Å². The third kappa shape index (κ3) is 6.38. The van der Waals surface area contributed by atoms with Crippen LogP contribution in [-0.4, -0.2) is 14.1 Å². The topological polar surface area (TPSA) is 41.2 Å². The summed E-state index contributed by atoms with van der Waals surface area (Å²) < 4.78 is 33.2. The summed E-state index contributed by atoms with van der Waals surface area (Å²) in [4.78, 5) is 5.55. The SMILES string of the molecule is Fc1ccc(-n2c3ccccc3c3cc4c(cc32)Oc2ccccc2C42c3ccccc3-c3cc(-c4cccc(-c5cc(-n6c7ccccc7c7cc8c(cc76)Oc6ccccc6C86c7ccccc7-c7ccccc76)nc6ccccc56)c4)ccc32)cc1. The molecule has 0 N–H and O–H groups in total. The summed E-state index contributed by atoms with van der Waals surface area (Å²) in [6.07, 6.45) is 0. The van der Waals surface area contributed by atoms with E-state index in [4.69, 9.17) is 14.5 Å². The molecule has 89 heavy (non-hydrogen) atoms. The highest BCUT2D eigenvalue weighted by Crippen LogP contribution is 2.65. The van der Waals surface area contributed by atoms with Crippen LogP contribution in [0.3, 0.4) is 0 Å². The molecular weight excluding hydrogens is 1090 g/mol. The Bertz CT molecular complexity index is 5750. The van der Waals surface area contributed by atoms with Crippen LogP contribution in [0.5, 0.6) is 23.0 Å². The Morgan fingerprint density at radius 3 is 1.37 bits per heavy atom. The van der Waals surface area contributed by atoms with E-state index in [9.17, 15) is 4.39 Å². The number of hydrogen-bond acceptors (Lipinski definition) is 3. The van der Waals surface area contributed by atoms with Crippen molar-refractivity contribution in [2.24, 2.45) is 0 Å². The summed E-state index contributed by atoms with van der Waals surface area (Å²) >= 11 is 0. The molecule has 0 radical (unpaired) electrons. The first-order valence-corrected chi connectivity index (χ1v) is 30.4. The molecule has 1 unspecified atom stereocenters. The summed E-state index contributed by atoms with van der Waals surface area (Å²) in [5.74, 6) is 3.86. The molecule has 5 nitrogen and oxygen atoms in total. The second-order valence-corrected chi connectivity index (χ2v) is 24.1. The van der Waals surface area contributed by atoms with E-state index in [2.05, 4.69) is 276 Å². The Labute approximate surface area is 511 Å². The molecule has 0 fully saturated rings. The minimum absolute atomic E-state index is 0.269. The number of halogens is 1. The molecule has 1 atom stereocenters. The second kappa shape index (κ2) is 17.8. The molecule has 0 bridgehead atoms. The van der Waals surface area contributed by atoms with Gasteiger partial charge in [0.2, 0.25) is 0 Å². The Balaban J connectivity index is 0.754. The van der Waals surface area contributed by atoms with Crippen LogP contribution in [0.25, 0.3) is 111 Å². The van der Waals surface area contributed by atoms with E-state index in [0.717, 1.165) is 134 Å². The molecule has 3 aromatic heterocycles. The fraction of sp³-hybridized carbons (Fsp3) is 0.0241. The number of hydrogen-bond donors (Lipinski definition) is 0. The molecule has 414 valence electrons. The summed E-state index contributed by atoms with van der Waals surface area (Å²) in [7, 11) is 0. The zero-order chi connectivity index (χ0) is 58.3. The smallest absolute Gasteiger partial charge is 0.138 e. The van der Waals surface area contributed by atoms with Crippen LogP contribution in [0.4, 0.5) is 4.39 Å².